The minimum absolute atomic E-state index is 0.129. The quantitative estimate of drug-likeness (QED) is 0.372. The molecule has 0 aliphatic heterocycles. The molecule has 2 aromatic carbocycles. The average molecular weight is 405 g/mol. The van der Waals surface area contributed by atoms with Gasteiger partial charge in [-0.2, -0.15) is 0 Å². The fraction of sp³-hybridized carbons (Fsp3) is 0.520. The largest absolute Gasteiger partial charge is 0.488 e. The molecule has 3 N–H and O–H groups in total. The van der Waals surface area contributed by atoms with Crippen molar-refractivity contribution in [3.05, 3.63) is 47.5 Å². The fourth-order valence-corrected chi connectivity index (χ4v) is 5.14. The third kappa shape index (κ3) is 4.69. The van der Waals surface area contributed by atoms with Crippen LogP contribution in [0.4, 0.5) is 0 Å². The van der Waals surface area contributed by atoms with Crippen LogP contribution >= 0.6 is 0 Å². The number of hydrogen-bond acceptors (Lipinski definition) is 3. The molecule has 1 aliphatic rings. The molecule has 0 saturated heterocycles. The third-order valence-corrected chi connectivity index (χ3v) is 6.77. The Bertz CT molecular complexity index is 823. The molecule has 3 rings (SSSR count). The number of benzene rings is 2. The molecule has 1 aliphatic carbocycles. The summed E-state index contributed by atoms with van der Waals surface area (Å²) in [5.41, 5.74) is 6.20. The van der Waals surface area contributed by atoms with Crippen molar-refractivity contribution in [3.63, 3.8) is 0 Å². The Morgan fingerprint density at radius 3 is 1.87 bits per heavy atom. The van der Waals surface area contributed by atoms with E-state index in [1.165, 1.54) is 68.3 Å². The maximum Gasteiger partial charge on any atom is 0.488 e. The van der Waals surface area contributed by atoms with Crippen molar-refractivity contribution in [1.82, 2.24) is 0 Å². The fourth-order valence-electron chi connectivity index (χ4n) is 5.14. The molecule has 0 atom stereocenters. The molecule has 0 aromatic heterocycles. The van der Waals surface area contributed by atoms with Gasteiger partial charge in [-0.1, -0.05) is 107 Å². The summed E-state index contributed by atoms with van der Waals surface area (Å²) in [6.07, 6.45) is 11.7. The van der Waals surface area contributed by atoms with Crippen LogP contribution in [0.25, 0.3) is 11.1 Å². The van der Waals surface area contributed by atoms with Crippen molar-refractivity contribution in [1.29, 1.82) is 0 Å². The summed E-state index contributed by atoms with van der Waals surface area (Å²) in [6, 6.07) is 12.1. The van der Waals surface area contributed by atoms with Gasteiger partial charge in [-0.05, 0) is 40.6 Å². The van der Waals surface area contributed by atoms with Crippen LogP contribution in [0.3, 0.4) is 0 Å². The van der Waals surface area contributed by atoms with E-state index in [-0.39, 0.29) is 5.41 Å². The molecule has 0 bridgehead atoms. The molecular formula is C25H35B2O3. The highest BCUT2D eigenvalue weighted by Gasteiger charge is 2.42. The van der Waals surface area contributed by atoms with Crippen LogP contribution in [0.5, 0.6) is 0 Å². The van der Waals surface area contributed by atoms with E-state index in [9.17, 15) is 15.1 Å². The molecule has 159 valence electrons. The summed E-state index contributed by atoms with van der Waals surface area (Å²) >= 11 is 0. The zero-order valence-electron chi connectivity index (χ0n) is 18.5. The standard InChI is InChI=1S/C25H35B2O3/c1-3-5-7-9-15-25(16-10-8-6-4-2)23-17-19(26-28)11-13-21(23)22-14-12-20(27(29)30)18-24(22)25/h11-14,17-18,28-30H,3-10,15-16H2,1-2H3. The van der Waals surface area contributed by atoms with Crippen molar-refractivity contribution in [2.45, 2.75) is 83.5 Å². The highest BCUT2D eigenvalue weighted by Crippen LogP contribution is 2.53. The lowest BCUT2D eigenvalue weighted by molar-refractivity contribution is 0.400. The Hall–Kier alpha value is -1.55. The number of hydrogen-bond donors (Lipinski definition) is 3. The maximum atomic E-state index is 9.83. The molecular weight excluding hydrogens is 370 g/mol. The SMILES string of the molecule is CCCCCCC1(CCCCCC)c2cc([B]O)ccc2-c2ccc(B(O)O)cc21. The summed E-state index contributed by atoms with van der Waals surface area (Å²) in [5.74, 6) is 0. The maximum absolute atomic E-state index is 9.83. The summed E-state index contributed by atoms with van der Waals surface area (Å²) in [6.45, 7) is 4.47. The van der Waals surface area contributed by atoms with E-state index in [4.69, 9.17) is 0 Å². The normalized spacial score (nSPS) is 13.8. The minimum atomic E-state index is -1.46. The summed E-state index contributed by atoms with van der Waals surface area (Å²) in [7, 11) is -0.274. The first kappa shape index (κ1) is 23.1. The van der Waals surface area contributed by atoms with E-state index >= 15 is 0 Å². The third-order valence-electron chi connectivity index (χ3n) is 6.77. The van der Waals surface area contributed by atoms with Crippen molar-refractivity contribution in [3.8, 4) is 11.1 Å². The molecule has 0 unspecified atom stereocenters. The van der Waals surface area contributed by atoms with Crippen LogP contribution < -0.4 is 10.9 Å². The molecule has 0 fully saturated rings. The predicted molar refractivity (Wildman–Crippen MR) is 128 cm³/mol. The van der Waals surface area contributed by atoms with Crippen molar-refractivity contribution in [2.24, 2.45) is 0 Å². The van der Waals surface area contributed by atoms with Crippen LogP contribution in [0.15, 0.2) is 36.4 Å². The second-order valence-corrected chi connectivity index (χ2v) is 8.82. The smallest absolute Gasteiger partial charge is 0.450 e. The van der Waals surface area contributed by atoms with Crippen molar-refractivity contribution in [2.75, 3.05) is 0 Å². The van der Waals surface area contributed by atoms with Gasteiger partial charge in [0, 0.05) is 5.41 Å². The van der Waals surface area contributed by atoms with Crippen LogP contribution in [0, 0.1) is 0 Å². The van der Waals surface area contributed by atoms with Gasteiger partial charge in [0.1, 0.15) is 0 Å². The van der Waals surface area contributed by atoms with Crippen LogP contribution in [-0.4, -0.2) is 29.7 Å². The van der Waals surface area contributed by atoms with Crippen LogP contribution in [-0.2, 0) is 5.41 Å². The van der Waals surface area contributed by atoms with Gasteiger partial charge in [0.15, 0.2) is 0 Å². The first-order chi connectivity index (χ1) is 14.6. The van der Waals surface area contributed by atoms with E-state index in [1.54, 1.807) is 0 Å². The second-order valence-electron chi connectivity index (χ2n) is 8.82. The van der Waals surface area contributed by atoms with Crippen molar-refractivity contribution < 1.29 is 15.1 Å². The summed E-state index contributed by atoms with van der Waals surface area (Å²) in [4.78, 5) is 0. The lowest BCUT2D eigenvalue weighted by Crippen LogP contribution is -2.33. The van der Waals surface area contributed by atoms with Crippen molar-refractivity contribution >= 4 is 25.5 Å². The molecule has 1 radical (unpaired) electrons. The van der Waals surface area contributed by atoms with Gasteiger partial charge in [0.25, 0.3) is 0 Å². The summed E-state index contributed by atoms with van der Waals surface area (Å²) in [5, 5.41) is 29.3. The van der Waals surface area contributed by atoms with Gasteiger partial charge in [0.05, 0.1) is 0 Å². The van der Waals surface area contributed by atoms with Crippen LogP contribution in [0.1, 0.15) is 89.2 Å². The number of fused-ring (bicyclic) bond motifs is 3. The minimum Gasteiger partial charge on any atom is -0.450 e. The molecule has 0 saturated carbocycles. The lowest BCUT2D eigenvalue weighted by Gasteiger charge is -2.33. The van der Waals surface area contributed by atoms with E-state index in [1.807, 2.05) is 24.3 Å². The number of rotatable bonds is 12. The Morgan fingerprint density at radius 1 is 0.767 bits per heavy atom. The highest BCUT2D eigenvalue weighted by atomic mass is 16.4. The second kappa shape index (κ2) is 10.7. The molecule has 5 heteroatoms. The Kier molecular flexibility index (Phi) is 8.21. The predicted octanol–water partition coefficient (Wildman–Crippen LogP) is 3.81. The average Bonchev–Trinajstić information content (AvgIpc) is 3.03. The van der Waals surface area contributed by atoms with E-state index in [0.29, 0.717) is 5.46 Å². The van der Waals surface area contributed by atoms with E-state index in [0.717, 1.165) is 31.1 Å². The van der Waals surface area contributed by atoms with E-state index < -0.39 is 7.12 Å². The number of unbranched alkanes of at least 4 members (excludes halogenated alkanes) is 6. The monoisotopic (exact) mass is 405 g/mol. The van der Waals surface area contributed by atoms with Gasteiger partial charge in [0.2, 0.25) is 0 Å². The van der Waals surface area contributed by atoms with Gasteiger partial charge in [-0.3, -0.25) is 0 Å². The van der Waals surface area contributed by atoms with Gasteiger partial charge >= 0.3 is 14.6 Å². The Morgan fingerprint density at radius 2 is 1.33 bits per heavy atom. The first-order valence-electron chi connectivity index (χ1n) is 11.7. The van der Waals surface area contributed by atoms with Gasteiger partial charge in [-0.15, -0.1) is 0 Å². The molecule has 2 aromatic rings. The van der Waals surface area contributed by atoms with Gasteiger partial charge in [-0.25, -0.2) is 0 Å². The molecule has 3 nitrogen and oxygen atoms in total. The highest BCUT2D eigenvalue weighted by molar-refractivity contribution is 6.58. The first-order valence-corrected chi connectivity index (χ1v) is 11.7. The molecule has 0 amide bonds. The molecule has 0 heterocycles. The Balaban J connectivity index is 2.09. The van der Waals surface area contributed by atoms with Crippen LogP contribution in [0.2, 0.25) is 0 Å². The zero-order chi connectivity index (χ0) is 21.6. The summed E-state index contributed by atoms with van der Waals surface area (Å²) < 4.78 is 0. The van der Waals surface area contributed by atoms with Gasteiger partial charge < -0.3 is 15.1 Å². The topological polar surface area (TPSA) is 60.7 Å². The molecule has 30 heavy (non-hydrogen) atoms. The molecule has 0 spiro atoms. The Labute approximate surface area is 183 Å². The van der Waals surface area contributed by atoms with E-state index in [2.05, 4.69) is 26.0 Å². The zero-order valence-corrected chi connectivity index (χ0v) is 18.5. The lowest BCUT2D eigenvalue weighted by atomic mass is 9.68.